The number of Topliss-reactive ketones (excluding diaryl/α,β-unsaturated/α-hetero) is 1. The summed E-state index contributed by atoms with van der Waals surface area (Å²) in [6.45, 7) is 4.11. The second kappa shape index (κ2) is 4.82. The van der Waals surface area contributed by atoms with Crippen molar-refractivity contribution in [1.82, 2.24) is 4.57 Å². The molecule has 1 atom stereocenters. The van der Waals surface area contributed by atoms with Gasteiger partial charge in [-0.2, -0.15) is 0 Å². The van der Waals surface area contributed by atoms with Crippen molar-refractivity contribution < 1.29 is 9.53 Å². The number of nitrogens with zero attached hydrogens (tertiary/aromatic N) is 1. The molecule has 0 N–H and O–H groups in total. The van der Waals surface area contributed by atoms with E-state index < -0.39 is 5.60 Å². The van der Waals surface area contributed by atoms with Crippen molar-refractivity contribution in [2.75, 3.05) is 0 Å². The van der Waals surface area contributed by atoms with Crippen molar-refractivity contribution in [1.29, 1.82) is 0 Å². The first-order valence-corrected chi connectivity index (χ1v) is 7.22. The zero-order valence-corrected chi connectivity index (χ0v) is 11.9. The molecule has 0 bridgehead atoms. The average Bonchev–Trinajstić information content (AvgIpc) is 2.92. The van der Waals surface area contributed by atoms with Gasteiger partial charge in [0.2, 0.25) is 5.78 Å². The highest BCUT2D eigenvalue weighted by atomic mass is 16.5. The molecule has 0 radical (unpaired) electrons. The van der Waals surface area contributed by atoms with E-state index >= 15 is 0 Å². The molecular weight excluding hydrogens is 250 g/mol. The van der Waals surface area contributed by atoms with Crippen LogP contribution in [0.3, 0.4) is 0 Å². The predicted octanol–water partition coefficient (Wildman–Crippen LogP) is 4.00. The summed E-state index contributed by atoms with van der Waals surface area (Å²) in [5.74, 6) is 0.870. The summed E-state index contributed by atoms with van der Waals surface area (Å²) in [7, 11) is 0. The van der Waals surface area contributed by atoms with Gasteiger partial charge in [0, 0.05) is 6.20 Å². The lowest BCUT2D eigenvalue weighted by molar-refractivity contribution is 0.0396. The summed E-state index contributed by atoms with van der Waals surface area (Å²) in [4.78, 5) is 13.0. The average molecular weight is 269 g/mol. The molecule has 2 heterocycles. The summed E-state index contributed by atoms with van der Waals surface area (Å²) in [6.07, 6.45) is 4.26. The quantitative estimate of drug-likeness (QED) is 0.843. The SMILES string of the molecule is CCC[C@]1(CC)Oc2ccccc2-n2cccc2C1=O. The van der Waals surface area contributed by atoms with Gasteiger partial charge >= 0.3 is 0 Å². The van der Waals surface area contributed by atoms with E-state index in [9.17, 15) is 4.79 Å². The van der Waals surface area contributed by atoms with Crippen LogP contribution < -0.4 is 4.74 Å². The van der Waals surface area contributed by atoms with Gasteiger partial charge in [0.05, 0.1) is 11.4 Å². The van der Waals surface area contributed by atoms with Crippen LogP contribution in [0.4, 0.5) is 0 Å². The van der Waals surface area contributed by atoms with Gasteiger partial charge in [-0.15, -0.1) is 0 Å². The Balaban J connectivity index is 2.24. The van der Waals surface area contributed by atoms with Crippen LogP contribution >= 0.6 is 0 Å². The molecule has 0 saturated carbocycles. The van der Waals surface area contributed by atoms with E-state index in [-0.39, 0.29) is 5.78 Å². The zero-order valence-electron chi connectivity index (χ0n) is 11.9. The highest BCUT2D eigenvalue weighted by molar-refractivity contribution is 6.02. The van der Waals surface area contributed by atoms with Gasteiger partial charge < -0.3 is 9.30 Å². The Hall–Kier alpha value is -2.03. The maximum Gasteiger partial charge on any atom is 0.222 e. The summed E-state index contributed by atoms with van der Waals surface area (Å²) in [5, 5.41) is 0. The minimum atomic E-state index is -0.739. The van der Waals surface area contributed by atoms with E-state index in [4.69, 9.17) is 4.74 Å². The third kappa shape index (κ3) is 1.77. The topological polar surface area (TPSA) is 31.2 Å². The Labute approximate surface area is 119 Å². The van der Waals surface area contributed by atoms with Crippen molar-refractivity contribution in [3.8, 4) is 11.4 Å². The fourth-order valence-electron chi connectivity index (χ4n) is 2.99. The van der Waals surface area contributed by atoms with Crippen LogP contribution in [-0.2, 0) is 0 Å². The number of hydrogen-bond acceptors (Lipinski definition) is 2. The fourth-order valence-corrected chi connectivity index (χ4v) is 2.99. The highest BCUT2D eigenvalue weighted by Crippen LogP contribution is 2.37. The van der Waals surface area contributed by atoms with Crippen molar-refractivity contribution in [3.63, 3.8) is 0 Å². The molecule has 104 valence electrons. The molecule has 2 aromatic rings. The van der Waals surface area contributed by atoms with Gasteiger partial charge in [-0.1, -0.05) is 32.4 Å². The smallest absolute Gasteiger partial charge is 0.222 e. The molecule has 0 spiro atoms. The van der Waals surface area contributed by atoms with Crippen molar-refractivity contribution in [2.45, 2.75) is 38.7 Å². The Morgan fingerprint density at radius 1 is 1.15 bits per heavy atom. The molecule has 1 aliphatic heterocycles. The number of benzene rings is 1. The first kappa shape index (κ1) is 13.0. The van der Waals surface area contributed by atoms with Gasteiger partial charge in [0.15, 0.2) is 5.60 Å². The summed E-state index contributed by atoms with van der Waals surface area (Å²) in [6, 6.07) is 11.6. The summed E-state index contributed by atoms with van der Waals surface area (Å²) >= 11 is 0. The highest BCUT2D eigenvalue weighted by Gasteiger charge is 2.42. The zero-order chi connectivity index (χ0) is 14.2. The van der Waals surface area contributed by atoms with Crippen LogP contribution in [0.25, 0.3) is 5.69 Å². The molecule has 0 unspecified atom stereocenters. The van der Waals surface area contributed by atoms with Gasteiger partial charge in [0.1, 0.15) is 5.75 Å². The van der Waals surface area contributed by atoms with Crippen LogP contribution in [0.2, 0.25) is 0 Å². The third-order valence-corrected chi connectivity index (χ3v) is 4.05. The largest absolute Gasteiger partial charge is 0.477 e. The summed E-state index contributed by atoms with van der Waals surface area (Å²) in [5.41, 5.74) is 0.912. The number of aromatic nitrogens is 1. The first-order valence-electron chi connectivity index (χ1n) is 7.22. The second-order valence-electron chi connectivity index (χ2n) is 5.26. The molecule has 3 nitrogen and oxygen atoms in total. The first-order chi connectivity index (χ1) is 9.72. The third-order valence-electron chi connectivity index (χ3n) is 4.05. The van der Waals surface area contributed by atoms with E-state index in [0.29, 0.717) is 12.1 Å². The number of para-hydroxylation sites is 2. The number of rotatable bonds is 3. The Bertz CT molecular complexity index is 644. The molecular formula is C17H19NO2. The van der Waals surface area contributed by atoms with E-state index in [0.717, 1.165) is 24.3 Å². The number of carbonyl (C=O) groups is 1. The second-order valence-corrected chi connectivity index (χ2v) is 5.26. The molecule has 1 aromatic carbocycles. The van der Waals surface area contributed by atoms with Crippen molar-refractivity contribution in [2.24, 2.45) is 0 Å². The van der Waals surface area contributed by atoms with Gasteiger partial charge in [0.25, 0.3) is 0 Å². The lowest BCUT2D eigenvalue weighted by Gasteiger charge is -2.30. The lowest BCUT2D eigenvalue weighted by Crippen LogP contribution is -2.43. The van der Waals surface area contributed by atoms with Crippen molar-refractivity contribution in [3.05, 3.63) is 48.3 Å². The molecule has 3 rings (SSSR count). The van der Waals surface area contributed by atoms with Gasteiger partial charge in [-0.3, -0.25) is 4.79 Å². The minimum Gasteiger partial charge on any atom is -0.477 e. The van der Waals surface area contributed by atoms with Crippen LogP contribution in [-0.4, -0.2) is 16.0 Å². The van der Waals surface area contributed by atoms with Gasteiger partial charge in [-0.25, -0.2) is 0 Å². The maximum atomic E-state index is 13.0. The molecule has 3 heteroatoms. The molecule has 0 aliphatic carbocycles. The van der Waals surface area contributed by atoms with E-state index in [2.05, 4.69) is 6.92 Å². The Morgan fingerprint density at radius 3 is 2.70 bits per heavy atom. The Kier molecular flexibility index (Phi) is 3.13. The van der Waals surface area contributed by atoms with Crippen molar-refractivity contribution >= 4 is 5.78 Å². The van der Waals surface area contributed by atoms with E-state index in [1.54, 1.807) is 0 Å². The van der Waals surface area contributed by atoms with Crippen LogP contribution in [0.5, 0.6) is 5.75 Å². The number of fused-ring (bicyclic) bond motifs is 3. The molecule has 0 amide bonds. The number of hydrogen-bond donors (Lipinski definition) is 0. The maximum absolute atomic E-state index is 13.0. The van der Waals surface area contributed by atoms with Crippen LogP contribution in [0.1, 0.15) is 43.6 Å². The Morgan fingerprint density at radius 2 is 1.95 bits per heavy atom. The number of ether oxygens (including phenoxy) is 1. The van der Waals surface area contributed by atoms with Gasteiger partial charge in [-0.05, 0) is 37.1 Å². The monoisotopic (exact) mass is 269 g/mol. The number of carbonyl (C=O) groups excluding carboxylic acids is 1. The lowest BCUT2D eigenvalue weighted by atomic mass is 9.88. The minimum absolute atomic E-state index is 0.0862. The molecule has 1 aromatic heterocycles. The van der Waals surface area contributed by atoms with Crippen LogP contribution in [0.15, 0.2) is 42.6 Å². The molecule has 0 fully saturated rings. The number of ketones is 1. The predicted molar refractivity (Wildman–Crippen MR) is 78.7 cm³/mol. The van der Waals surface area contributed by atoms with Crippen LogP contribution in [0, 0.1) is 0 Å². The fraction of sp³-hybridized carbons (Fsp3) is 0.353. The van der Waals surface area contributed by atoms with E-state index in [1.165, 1.54) is 0 Å². The molecule has 20 heavy (non-hydrogen) atoms. The standard InChI is InChI=1S/C17H19NO2/c1-3-11-17(4-2)16(19)14-9-7-12-18(14)13-8-5-6-10-15(13)20-17/h5-10,12H,3-4,11H2,1-2H3/t17-/m0/s1. The molecule has 0 saturated heterocycles. The normalized spacial score (nSPS) is 20.8. The molecule has 1 aliphatic rings. The van der Waals surface area contributed by atoms with E-state index in [1.807, 2.05) is 54.1 Å². The summed E-state index contributed by atoms with van der Waals surface area (Å²) < 4.78 is 8.15.